The number of rotatable bonds is 4. The molecule has 0 atom stereocenters. The molecule has 0 aliphatic rings. The van der Waals surface area contributed by atoms with Crippen LogP contribution in [0.3, 0.4) is 0 Å². The molecule has 0 aliphatic heterocycles. The summed E-state index contributed by atoms with van der Waals surface area (Å²) in [5.74, 6) is 0.677. The van der Waals surface area contributed by atoms with E-state index in [9.17, 15) is 0 Å². The van der Waals surface area contributed by atoms with Gasteiger partial charge >= 0.3 is 0 Å². The fourth-order valence-corrected chi connectivity index (χ4v) is 3.81. The molecule has 0 unspecified atom stereocenters. The molecule has 5 aromatic rings. The first-order valence-corrected chi connectivity index (χ1v) is 10.5. The topological polar surface area (TPSA) is 25.8 Å². The summed E-state index contributed by atoms with van der Waals surface area (Å²) in [5, 5.41) is 0.672. The maximum Gasteiger partial charge on any atom is 0.160 e. The summed E-state index contributed by atoms with van der Waals surface area (Å²) in [6.07, 6.45) is 0. The quantitative estimate of drug-likeness (QED) is 0.297. The Kier molecular flexibility index (Phi) is 5.30. The molecule has 0 radical (unpaired) electrons. The fraction of sp³-hybridized carbons (Fsp3) is 0. The molecule has 5 rings (SSSR count). The lowest BCUT2D eigenvalue weighted by Gasteiger charge is -2.11. The summed E-state index contributed by atoms with van der Waals surface area (Å²) in [6.45, 7) is 0. The minimum Gasteiger partial charge on any atom is -0.228 e. The molecule has 0 aliphatic carbocycles. The number of aromatic nitrogens is 2. The lowest BCUT2D eigenvalue weighted by Crippen LogP contribution is -1.96. The maximum absolute atomic E-state index is 6.48. The van der Waals surface area contributed by atoms with E-state index in [4.69, 9.17) is 21.6 Å². The molecular formula is C28H19ClN2. The molecule has 0 N–H and O–H groups in total. The second-order valence-electron chi connectivity index (χ2n) is 7.25. The van der Waals surface area contributed by atoms with Crippen molar-refractivity contribution in [2.45, 2.75) is 0 Å². The summed E-state index contributed by atoms with van der Waals surface area (Å²) in [6, 6.07) is 38.6. The van der Waals surface area contributed by atoms with Gasteiger partial charge < -0.3 is 0 Å². The van der Waals surface area contributed by atoms with E-state index in [1.807, 2.05) is 66.7 Å². The van der Waals surface area contributed by atoms with Crippen molar-refractivity contribution in [1.29, 1.82) is 0 Å². The highest BCUT2D eigenvalue weighted by Gasteiger charge is 2.12. The smallest absolute Gasteiger partial charge is 0.160 e. The molecule has 4 aromatic carbocycles. The summed E-state index contributed by atoms with van der Waals surface area (Å²) in [4.78, 5) is 9.74. The van der Waals surface area contributed by atoms with E-state index in [1.54, 1.807) is 0 Å². The number of halogens is 1. The van der Waals surface area contributed by atoms with Crippen LogP contribution in [-0.4, -0.2) is 9.97 Å². The molecule has 148 valence electrons. The first-order valence-electron chi connectivity index (χ1n) is 10.1. The first kappa shape index (κ1) is 19.2. The molecule has 0 bridgehead atoms. The van der Waals surface area contributed by atoms with E-state index >= 15 is 0 Å². The van der Waals surface area contributed by atoms with Gasteiger partial charge in [-0.15, -0.1) is 0 Å². The highest BCUT2D eigenvalue weighted by Crippen LogP contribution is 2.31. The third-order valence-electron chi connectivity index (χ3n) is 5.20. The lowest BCUT2D eigenvalue weighted by molar-refractivity contribution is 1.18. The Morgan fingerprint density at radius 1 is 0.452 bits per heavy atom. The Labute approximate surface area is 186 Å². The molecule has 31 heavy (non-hydrogen) atoms. The van der Waals surface area contributed by atoms with Gasteiger partial charge in [0.1, 0.15) is 0 Å². The standard InChI is InChI=1S/C28H19ClN2/c29-25-14-8-7-13-24(25)27-19-26(22-11-5-2-6-12-22)30-28(31-27)23-17-15-21(16-18-23)20-9-3-1-4-10-20/h1-19H. The number of hydrogen-bond donors (Lipinski definition) is 0. The number of nitrogens with zero attached hydrogens (tertiary/aromatic N) is 2. The molecule has 1 aromatic heterocycles. The van der Waals surface area contributed by atoms with Gasteiger partial charge in [-0.3, -0.25) is 0 Å². The Morgan fingerprint density at radius 2 is 0.968 bits per heavy atom. The second kappa shape index (κ2) is 8.55. The number of benzene rings is 4. The summed E-state index contributed by atoms with van der Waals surface area (Å²) >= 11 is 6.48. The first-order chi connectivity index (χ1) is 15.3. The van der Waals surface area contributed by atoms with Crippen LogP contribution in [0.5, 0.6) is 0 Å². The average molecular weight is 419 g/mol. The number of hydrogen-bond acceptors (Lipinski definition) is 2. The van der Waals surface area contributed by atoms with Gasteiger partial charge in [0, 0.05) is 21.7 Å². The SMILES string of the molecule is Clc1ccccc1-c1cc(-c2ccccc2)nc(-c2ccc(-c3ccccc3)cc2)n1. The molecule has 0 amide bonds. The van der Waals surface area contributed by atoms with Crippen molar-refractivity contribution in [2.75, 3.05) is 0 Å². The molecule has 2 nitrogen and oxygen atoms in total. The van der Waals surface area contributed by atoms with Crippen molar-refractivity contribution in [3.63, 3.8) is 0 Å². The van der Waals surface area contributed by atoms with Crippen LogP contribution in [0.1, 0.15) is 0 Å². The Morgan fingerprint density at radius 3 is 1.65 bits per heavy atom. The van der Waals surface area contributed by atoms with Crippen molar-refractivity contribution in [1.82, 2.24) is 9.97 Å². The zero-order chi connectivity index (χ0) is 21.0. The molecule has 0 saturated carbocycles. The van der Waals surface area contributed by atoms with Crippen LogP contribution in [0.4, 0.5) is 0 Å². The minimum atomic E-state index is 0.672. The van der Waals surface area contributed by atoms with E-state index in [0.29, 0.717) is 10.8 Å². The third-order valence-corrected chi connectivity index (χ3v) is 5.53. The normalized spacial score (nSPS) is 10.7. The zero-order valence-corrected chi connectivity index (χ0v) is 17.5. The van der Waals surface area contributed by atoms with Crippen LogP contribution in [-0.2, 0) is 0 Å². The lowest BCUT2D eigenvalue weighted by atomic mass is 10.0. The minimum absolute atomic E-state index is 0.672. The van der Waals surface area contributed by atoms with Gasteiger partial charge in [0.25, 0.3) is 0 Å². The van der Waals surface area contributed by atoms with Gasteiger partial charge in [0.2, 0.25) is 0 Å². The van der Waals surface area contributed by atoms with Crippen LogP contribution < -0.4 is 0 Å². The van der Waals surface area contributed by atoms with Crippen molar-refractivity contribution < 1.29 is 0 Å². The van der Waals surface area contributed by atoms with E-state index in [2.05, 4.69) is 48.5 Å². The van der Waals surface area contributed by atoms with Gasteiger partial charge in [-0.25, -0.2) is 9.97 Å². The highest BCUT2D eigenvalue weighted by atomic mass is 35.5. The van der Waals surface area contributed by atoms with Crippen LogP contribution in [0, 0.1) is 0 Å². The van der Waals surface area contributed by atoms with Gasteiger partial charge in [0.15, 0.2) is 5.82 Å². The molecule has 0 saturated heterocycles. The van der Waals surface area contributed by atoms with Crippen molar-refractivity contribution in [2.24, 2.45) is 0 Å². The maximum atomic E-state index is 6.48. The molecule has 0 fully saturated rings. The predicted octanol–water partition coefficient (Wildman–Crippen LogP) is 7.80. The second-order valence-corrected chi connectivity index (χ2v) is 7.66. The van der Waals surface area contributed by atoms with Crippen LogP contribution in [0.25, 0.3) is 45.0 Å². The third kappa shape index (κ3) is 4.11. The summed E-state index contributed by atoms with van der Waals surface area (Å²) in [7, 11) is 0. The monoisotopic (exact) mass is 418 g/mol. The summed E-state index contributed by atoms with van der Waals surface area (Å²) < 4.78 is 0. The molecule has 1 heterocycles. The predicted molar refractivity (Wildman–Crippen MR) is 129 cm³/mol. The summed E-state index contributed by atoms with van der Waals surface area (Å²) in [5.41, 5.74) is 6.92. The highest BCUT2D eigenvalue weighted by molar-refractivity contribution is 6.33. The van der Waals surface area contributed by atoms with E-state index in [0.717, 1.165) is 33.6 Å². The van der Waals surface area contributed by atoms with E-state index in [-0.39, 0.29) is 0 Å². The molecule has 3 heteroatoms. The Hall–Kier alpha value is -3.75. The van der Waals surface area contributed by atoms with Crippen molar-refractivity contribution >= 4 is 11.6 Å². The van der Waals surface area contributed by atoms with Crippen molar-refractivity contribution in [3.8, 4) is 45.0 Å². The van der Waals surface area contributed by atoms with Gasteiger partial charge in [-0.05, 0) is 23.3 Å². The van der Waals surface area contributed by atoms with Crippen LogP contribution in [0.2, 0.25) is 5.02 Å². The average Bonchev–Trinajstić information content (AvgIpc) is 2.85. The zero-order valence-electron chi connectivity index (χ0n) is 16.7. The largest absolute Gasteiger partial charge is 0.228 e. The molecule has 0 spiro atoms. The molecular weight excluding hydrogens is 400 g/mol. The van der Waals surface area contributed by atoms with Gasteiger partial charge in [0.05, 0.1) is 11.4 Å². The van der Waals surface area contributed by atoms with E-state index < -0.39 is 0 Å². The Bertz CT molecular complexity index is 1310. The van der Waals surface area contributed by atoms with Gasteiger partial charge in [-0.1, -0.05) is 115 Å². The van der Waals surface area contributed by atoms with Crippen molar-refractivity contribution in [3.05, 3.63) is 120 Å². The fourth-order valence-electron chi connectivity index (χ4n) is 3.58. The van der Waals surface area contributed by atoms with Gasteiger partial charge in [-0.2, -0.15) is 0 Å². The van der Waals surface area contributed by atoms with Crippen LogP contribution >= 0.6 is 11.6 Å². The Balaban J connectivity index is 1.63. The van der Waals surface area contributed by atoms with Crippen LogP contribution in [0.15, 0.2) is 115 Å². The van der Waals surface area contributed by atoms with E-state index in [1.165, 1.54) is 5.56 Å².